The van der Waals surface area contributed by atoms with Crippen molar-refractivity contribution in [2.24, 2.45) is 0 Å². The van der Waals surface area contributed by atoms with Gasteiger partial charge in [-0.2, -0.15) is 0 Å². The minimum Gasteiger partial charge on any atom is -0.397 e. The fourth-order valence-corrected chi connectivity index (χ4v) is 2.60. The molecule has 2 rings (SSSR count). The lowest BCUT2D eigenvalue weighted by Gasteiger charge is -2.20. The van der Waals surface area contributed by atoms with Crippen molar-refractivity contribution in [1.29, 1.82) is 0 Å². The number of carbonyl (C=O) groups is 1. The maximum atomic E-state index is 12.7. The Morgan fingerprint density at radius 1 is 1.29 bits per heavy atom. The second kappa shape index (κ2) is 6.04. The van der Waals surface area contributed by atoms with Crippen molar-refractivity contribution in [2.45, 2.75) is 33.7 Å². The van der Waals surface area contributed by atoms with Crippen LogP contribution < -0.4 is 10.6 Å². The van der Waals surface area contributed by atoms with Crippen LogP contribution in [0.3, 0.4) is 0 Å². The molecule has 0 aliphatic heterocycles. The Labute approximate surface area is 126 Å². The minimum absolute atomic E-state index is 0.0351. The van der Waals surface area contributed by atoms with Crippen molar-refractivity contribution in [3.05, 3.63) is 47.3 Å². The number of carbonyl (C=O) groups excluding carboxylic acids is 1. The molecule has 21 heavy (non-hydrogen) atoms. The maximum Gasteiger partial charge on any atom is 0.274 e. The summed E-state index contributed by atoms with van der Waals surface area (Å²) in [5, 5.41) is 0. The Morgan fingerprint density at radius 3 is 2.62 bits per heavy atom. The third-order valence-electron chi connectivity index (χ3n) is 3.62. The minimum atomic E-state index is -0.0351. The molecule has 4 heteroatoms. The molecule has 112 valence electrons. The molecule has 0 aliphatic carbocycles. The third-order valence-corrected chi connectivity index (χ3v) is 3.62. The summed E-state index contributed by atoms with van der Waals surface area (Å²) in [5.41, 5.74) is 10.3. The predicted octanol–water partition coefficient (Wildman–Crippen LogP) is 3.37. The number of nitrogens with zero attached hydrogens (tertiary/aromatic N) is 2. The van der Waals surface area contributed by atoms with Gasteiger partial charge in [0.2, 0.25) is 0 Å². The van der Waals surface area contributed by atoms with Gasteiger partial charge in [-0.15, -0.1) is 0 Å². The fraction of sp³-hybridized carbons (Fsp3) is 0.353. The van der Waals surface area contributed by atoms with Gasteiger partial charge < -0.3 is 15.2 Å². The largest absolute Gasteiger partial charge is 0.397 e. The van der Waals surface area contributed by atoms with E-state index in [9.17, 15) is 4.79 Å². The summed E-state index contributed by atoms with van der Waals surface area (Å²) in [7, 11) is 1.81. The average Bonchev–Trinajstić information content (AvgIpc) is 2.78. The zero-order valence-electron chi connectivity index (χ0n) is 13.2. The van der Waals surface area contributed by atoms with E-state index >= 15 is 0 Å². The number of nitrogen functional groups attached to an aromatic ring is 1. The molecule has 0 radical (unpaired) electrons. The molecule has 0 saturated carbocycles. The van der Waals surface area contributed by atoms with E-state index in [-0.39, 0.29) is 5.91 Å². The lowest BCUT2D eigenvalue weighted by atomic mass is 10.1. The van der Waals surface area contributed by atoms with Gasteiger partial charge in [-0.1, -0.05) is 24.6 Å². The molecule has 0 saturated heterocycles. The van der Waals surface area contributed by atoms with Crippen LogP contribution in [0.2, 0.25) is 0 Å². The van der Waals surface area contributed by atoms with Crippen molar-refractivity contribution in [3.63, 3.8) is 0 Å². The molecular formula is C17H23N3O. The molecule has 4 nitrogen and oxygen atoms in total. The summed E-state index contributed by atoms with van der Waals surface area (Å²) in [6.45, 7) is 6.94. The Bertz CT molecular complexity index is 658. The van der Waals surface area contributed by atoms with Crippen LogP contribution in [0.1, 0.15) is 35.0 Å². The predicted molar refractivity (Wildman–Crippen MR) is 87.8 cm³/mol. The number of benzene rings is 1. The van der Waals surface area contributed by atoms with Crippen LogP contribution in [-0.2, 0) is 6.54 Å². The fourth-order valence-electron chi connectivity index (χ4n) is 2.60. The van der Waals surface area contributed by atoms with Gasteiger partial charge >= 0.3 is 0 Å². The molecule has 0 fully saturated rings. The highest BCUT2D eigenvalue weighted by Crippen LogP contribution is 2.23. The van der Waals surface area contributed by atoms with E-state index in [1.807, 2.05) is 36.7 Å². The molecule has 1 aromatic heterocycles. The number of nitrogens with two attached hydrogens (primary N) is 1. The van der Waals surface area contributed by atoms with Crippen LogP contribution in [0.25, 0.3) is 0 Å². The topological polar surface area (TPSA) is 51.3 Å². The van der Waals surface area contributed by atoms with E-state index in [1.165, 1.54) is 5.56 Å². The standard InChI is InChI=1S/C17H23N3O/c1-5-8-20-11-14(18)10-16(20)17(21)19(4)15-7-6-12(2)9-13(15)3/h6-7,9-11H,5,8,18H2,1-4H3. The molecule has 1 heterocycles. The van der Waals surface area contributed by atoms with Gasteiger partial charge in [-0.3, -0.25) is 4.79 Å². The summed E-state index contributed by atoms with van der Waals surface area (Å²) in [4.78, 5) is 14.4. The lowest BCUT2D eigenvalue weighted by Crippen LogP contribution is -2.29. The first-order chi connectivity index (χ1) is 9.93. The quantitative estimate of drug-likeness (QED) is 0.936. The number of rotatable bonds is 4. The molecule has 2 aromatic rings. The van der Waals surface area contributed by atoms with Gasteiger partial charge in [0.05, 0.1) is 5.69 Å². The van der Waals surface area contributed by atoms with Gasteiger partial charge in [0, 0.05) is 25.5 Å². The van der Waals surface area contributed by atoms with Crippen LogP contribution >= 0.6 is 0 Å². The van der Waals surface area contributed by atoms with Crippen LogP contribution in [0, 0.1) is 13.8 Å². The number of hydrogen-bond acceptors (Lipinski definition) is 2. The molecular weight excluding hydrogens is 262 g/mol. The molecule has 0 unspecified atom stereocenters. The zero-order chi connectivity index (χ0) is 15.6. The van der Waals surface area contributed by atoms with Gasteiger partial charge in [0.15, 0.2) is 0 Å². The number of anilines is 2. The smallest absolute Gasteiger partial charge is 0.274 e. The third kappa shape index (κ3) is 3.10. The summed E-state index contributed by atoms with van der Waals surface area (Å²) in [6.07, 6.45) is 2.79. The molecule has 2 N–H and O–H groups in total. The number of aryl methyl sites for hydroxylation is 3. The monoisotopic (exact) mass is 285 g/mol. The Morgan fingerprint density at radius 2 is 2.00 bits per heavy atom. The van der Waals surface area contributed by atoms with E-state index in [1.54, 1.807) is 18.0 Å². The van der Waals surface area contributed by atoms with Gasteiger partial charge in [-0.25, -0.2) is 0 Å². The van der Waals surface area contributed by atoms with Crippen molar-refractivity contribution >= 4 is 17.3 Å². The van der Waals surface area contributed by atoms with Crippen molar-refractivity contribution < 1.29 is 4.79 Å². The molecule has 0 bridgehead atoms. The van der Waals surface area contributed by atoms with Crippen LogP contribution in [-0.4, -0.2) is 17.5 Å². The van der Waals surface area contributed by atoms with Crippen LogP contribution in [0.15, 0.2) is 30.5 Å². The summed E-state index contributed by atoms with van der Waals surface area (Å²) < 4.78 is 1.93. The second-order valence-electron chi connectivity index (χ2n) is 5.51. The molecule has 1 aromatic carbocycles. The second-order valence-corrected chi connectivity index (χ2v) is 5.51. The Kier molecular flexibility index (Phi) is 4.36. The van der Waals surface area contributed by atoms with Crippen molar-refractivity contribution in [3.8, 4) is 0 Å². The Balaban J connectivity index is 2.35. The SMILES string of the molecule is CCCn1cc(N)cc1C(=O)N(C)c1ccc(C)cc1C. The number of aromatic nitrogens is 1. The summed E-state index contributed by atoms with van der Waals surface area (Å²) in [5.74, 6) is -0.0351. The number of amides is 1. The van der Waals surface area contributed by atoms with Crippen LogP contribution in [0.4, 0.5) is 11.4 Å². The highest BCUT2D eigenvalue weighted by Gasteiger charge is 2.19. The zero-order valence-corrected chi connectivity index (χ0v) is 13.2. The number of hydrogen-bond donors (Lipinski definition) is 1. The molecule has 0 atom stereocenters. The van der Waals surface area contributed by atoms with Gasteiger partial charge in [0.1, 0.15) is 5.69 Å². The van der Waals surface area contributed by atoms with Crippen molar-refractivity contribution in [1.82, 2.24) is 4.57 Å². The summed E-state index contributed by atoms with van der Waals surface area (Å²) >= 11 is 0. The van der Waals surface area contributed by atoms with E-state index in [0.717, 1.165) is 24.2 Å². The lowest BCUT2D eigenvalue weighted by molar-refractivity contribution is 0.0984. The van der Waals surface area contributed by atoms with Gasteiger partial charge in [-0.05, 0) is 38.0 Å². The van der Waals surface area contributed by atoms with Crippen molar-refractivity contribution in [2.75, 3.05) is 17.7 Å². The highest BCUT2D eigenvalue weighted by molar-refractivity contribution is 6.05. The van der Waals surface area contributed by atoms with Crippen LogP contribution in [0.5, 0.6) is 0 Å². The van der Waals surface area contributed by atoms with E-state index in [2.05, 4.69) is 13.0 Å². The molecule has 0 aliphatic rings. The molecule has 0 spiro atoms. The normalized spacial score (nSPS) is 10.7. The van der Waals surface area contributed by atoms with E-state index < -0.39 is 0 Å². The van der Waals surface area contributed by atoms with Gasteiger partial charge in [0.25, 0.3) is 5.91 Å². The first kappa shape index (κ1) is 15.2. The maximum absolute atomic E-state index is 12.7. The molecule has 1 amide bonds. The average molecular weight is 285 g/mol. The highest BCUT2D eigenvalue weighted by atomic mass is 16.2. The first-order valence-corrected chi connectivity index (χ1v) is 7.25. The Hall–Kier alpha value is -2.23. The van der Waals surface area contributed by atoms with E-state index in [4.69, 9.17) is 5.73 Å². The first-order valence-electron chi connectivity index (χ1n) is 7.25. The van der Waals surface area contributed by atoms with E-state index in [0.29, 0.717) is 11.4 Å². The summed E-state index contributed by atoms with van der Waals surface area (Å²) in [6, 6.07) is 7.83.